The van der Waals surface area contributed by atoms with Crippen LogP contribution in [0.25, 0.3) is 11.2 Å². The van der Waals surface area contributed by atoms with Gasteiger partial charge in [-0.3, -0.25) is 9.78 Å². The zero-order valence-corrected chi connectivity index (χ0v) is 14.5. The molecule has 7 heteroatoms. The van der Waals surface area contributed by atoms with Crippen molar-refractivity contribution >= 4 is 17.0 Å². The van der Waals surface area contributed by atoms with Crippen LogP contribution in [-0.4, -0.2) is 37.3 Å². The SMILES string of the molecule is O=c1ccc(C2CC2)nn1CC1CCCN1c1ccc2nccnc2n1. The second-order valence-corrected chi connectivity index (χ2v) is 7.11. The van der Waals surface area contributed by atoms with E-state index in [1.807, 2.05) is 18.2 Å². The van der Waals surface area contributed by atoms with Gasteiger partial charge in [0.2, 0.25) is 0 Å². The molecule has 1 aliphatic heterocycles. The van der Waals surface area contributed by atoms with Gasteiger partial charge in [-0.05, 0) is 43.9 Å². The predicted octanol–water partition coefficient (Wildman–Crippen LogP) is 2.13. The minimum absolute atomic E-state index is 0.0291. The average molecular weight is 348 g/mol. The van der Waals surface area contributed by atoms with Crippen molar-refractivity contribution in [3.8, 4) is 0 Å². The standard InChI is InChI=1S/C19H20N6O/c26-18-8-6-15(13-3-4-13)23-25(18)12-14-2-1-11-24(14)17-7-5-16-19(22-17)21-10-9-20-16/h5-10,13-14H,1-4,11-12H2. The highest BCUT2D eigenvalue weighted by molar-refractivity contribution is 5.71. The Kier molecular flexibility index (Phi) is 3.65. The van der Waals surface area contributed by atoms with Gasteiger partial charge in [0.15, 0.2) is 5.65 Å². The monoisotopic (exact) mass is 348 g/mol. The Morgan fingerprint density at radius 1 is 1.04 bits per heavy atom. The smallest absolute Gasteiger partial charge is 0.266 e. The second kappa shape index (κ2) is 6.16. The summed E-state index contributed by atoms with van der Waals surface area (Å²) in [7, 11) is 0. The molecule has 7 nitrogen and oxygen atoms in total. The molecule has 5 rings (SSSR count). The minimum atomic E-state index is -0.0291. The fraction of sp³-hybridized carbons (Fsp3) is 0.421. The molecule has 2 fully saturated rings. The van der Waals surface area contributed by atoms with E-state index in [4.69, 9.17) is 0 Å². The van der Waals surface area contributed by atoms with Gasteiger partial charge in [0, 0.05) is 30.9 Å². The lowest BCUT2D eigenvalue weighted by Crippen LogP contribution is -2.37. The summed E-state index contributed by atoms with van der Waals surface area (Å²) < 4.78 is 1.64. The highest BCUT2D eigenvalue weighted by atomic mass is 16.1. The molecule has 0 spiro atoms. The van der Waals surface area contributed by atoms with E-state index >= 15 is 0 Å². The maximum absolute atomic E-state index is 12.3. The third kappa shape index (κ3) is 2.83. The van der Waals surface area contributed by atoms with E-state index in [1.54, 1.807) is 23.1 Å². The molecule has 3 aromatic rings. The lowest BCUT2D eigenvalue weighted by molar-refractivity contribution is 0.481. The maximum atomic E-state index is 12.3. The minimum Gasteiger partial charge on any atom is -0.352 e. The highest BCUT2D eigenvalue weighted by Gasteiger charge is 2.29. The summed E-state index contributed by atoms with van der Waals surface area (Å²) in [6.07, 6.45) is 7.82. The number of anilines is 1. The van der Waals surface area contributed by atoms with Crippen molar-refractivity contribution in [2.75, 3.05) is 11.4 Å². The number of hydrogen-bond donors (Lipinski definition) is 0. The van der Waals surface area contributed by atoms with Crippen molar-refractivity contribution in [3.05, 3.63) is 52.7 Å². The summed E-state index contributed by atoms with van der Waals surface area (Å²) >= 11 is 0. The Bertz CT molecular complexity index is 1010. The molecule has 0 N–H and O–H groups in total. The summed E-state index contributed by atoms with van der Waals surface area (Å²) in [6, 6.07) is 7.71. The van der Waals surface area contributed by atoms with E-state index in [-0.39, 0.29) is 11.6 Å². The fourth-order valence-electron chi connectivity index (χ4n) is 3.72. The molecular formula is C19H20N6O. The summed E-state index contributed by atoms with van der Waals surface area (Å²) in [5.41, 5.74) is 2.47. The molecule has 1 unspecified atom stereocenters. The molecule has 4 heterocycles. The van der Waals surface area contributed by atoms with Crippen LogP contribution in [0.4, 0.5) is 5.82 Å². The Morgan fingerprint density at radius 2 is 1.92 bits per heavy atom. The predicted molar refractivity (Wildman–Crippen MR) is 98.2 cm³/mol. The number of rotatable bonds is 4. The molecule has 1 aliphatic carbocycles. The Morgan fingerprint density at radius 3 is 2.81 bits per heavy atom. The summed E-state index contributed by atoms with van der Waals surface area (Å²) in [4.78, 5) is 27.8. The van der Waals surface area contributed by atoms with Gasteiger partial charge in [-0.15, -0.1) is 0 Å². The van der Waals surface area contributed by atoms with Crippen LogP contribution < -0.4 is 10.5 Å². The number of pyridine rings is 1. The topological polar surface area (TPSA) is 76.8 Å². The van der Waals surface area contributed by atoms with Crippen LogP contribution in [0.3, 0.4) is 0 Å². The van der Waals surface area contributed by atoms with Gasteiger partial charge in [0.05, 0.1) is 18.3 Å². The van der Waals surface area contributed by atoms with Gasteiger partial charge in [0.25, 0.3) is 5.56 Å². The van der Waals surface area contributed by atoms with Crippen LogP contribution in [0.15, 0.2) is 41.5 Å². The third-order valence-corrected chi connectivity index (χ3v) is 5.25. The van der Waals surface area contributed by atoms with E-state index in [0.717, 1.165) is 36.4 Å². The molecule has 26 heavy (non-hydrogen) atoms. The van der Waals surface area contributed by atoms with Crippen LogP contribution in [0, 0.1) is 0 Å². The lowest BCUT2D eigenvalue weighted by atomic mass is 10.2. The Labute approximate surface area is 150 Å². The quantitative estimate of drug-likeness (QED) is 0.719. The van der Waals surface area contributed by atoms with Crippen molar-refractivity contribution in [1.82, 2.24) is 24.7 Å². The number of aromatic nitrogens is 5. The van der Waals surface area contributed by atoms with Crippen LogP contribution in [0.1, 0.15) is 37.3 Å². The first-order valence-corrected chi connectivity index (χ1v) is 9.20. The molecule has 132 valence electrons. The van der Waals surface area contributed by atoms with Crippen LogP contribution in [0.5, 0.6) is 0 Å². The van der Waals surface area contributed by atoms with Gasteiger partial charge in [-0.1, -0.05) is 0 Å². The van der Waals surface area contributed by atoms with Crippen LogP contribution >= 0.6 is 0 Å². The van der Waals surface area contributed by atoms with Crippen molar-refractivity contribution in [3.63, 3.8) is 0 Å². The summed E-state index contributed by atoms with van der Waals surface area (Å²) in [5.74, 6) is 1.44. The van der Waals surface area contributed by atoms with Gasteiger partial charge in [-0.2, -0.15) is 5.10 Å². The number of hydrogen-bond acceptors (Lipinski definition) is 6. The molecule has 0 aromatic carbocycles. The Hall–Kier alpha value is -2.83. The van der Waals surface area contributed by atoms with E-state index in [2.05, 4.69) is 25.0 Å². The van der Waals surface area contributed by atoms with Crippen molar-refractivity contribution < 1.29 is 0 Å². The van der Waals surface area contributed by atoms with Gasteiger partial charge in [0.1, 0.15) is 11.3 Å². The number of fused-ring (bicyclic) bond motifs is 1. The van der Waals surface area contributed by atoms with Crippen LogP contribution in [0.2, 0.25) is 0 Å². The molecule has 1 atom stereocenters. The molecule has 0 amide bonds. The molecule has 0 radical (unpaired) electrons. The first kappa shape index (κ1) is 15.4. The fourth-order valence-corrected chi connectivity index (χ4v) is 3.72. The van der Waals surface area contributed by atoms with Gasteiger partial charge in [-0.25, -0.2) is 14.6 Å². The van der Waals surface area contributed by atoms with Crippen molar-refractivity contribution in [2.24, 2.45) is 0 Å². The van der Waals surface area contributed by atoms with Gasteiger partial charge < -0.3 is 4.90 Å². The van der Waals surface area contributed by atoms with E-state index in [9.17, 15) is 4.79 Å². The van der Waals surface area contributed by atoms with E-state index in [0.29, 0.717) is 18.1 Å². The normalized spacial score (nSPS) is 20.0. The number of nitrogens with zero attached hydrogens (tertiary/aromatic N) is 6. The van der Waals surface area contributed by atoms with Crippen molar-refractivity contribution in [2.45, 2.75) is 44.2 Å². The molecule has 2 aliphatic rings. The molecule has 0 bridgehead atoms. The molecule has 3 aromatic heterocycles. The van der Waals surface area contributed by atoms with Gasteiger partial charge >= 0.3 is 0 Å². The molecule has 1 saturated carbocycles. The van der Waals surface area contributed by atoms with E-state index < -0.39 is 0 Å². The largest absolute Gasteiger partial charge is 0.352 e. The molecule has 1 saturated heterocycles. The lowest BCUT2D eigenvalue weighted by Gasteiger charge is -2.26. The second-order valence-electron chi connectivity index (χ2n) is 7.11. The summed E-state index contributed by atoms with van der Waals surface area (Å²) in [5, 5.41) is 4.61. The maximum Gasteiger partial charge on any atom is 0.266 e. The average Bonchev–Trinajstić information content (AvgIpc) is 3.42. The molecular weight excluding hydrogens is 328 g/mol. The van der Waals surface area contributed by atoms with E-state index in [1.165, 1.54) is 12.8 Å². The zero-order chi connectivity index (χ0) is 17.5. The van der Waals surface area contributed by atoms with Crippen molar-refractivity contribution in [1.29, 1.82) is 0 Å². The third-order valence-electron chi connectivity index (χ3n) is 5.25. The first-order valence-electron chi connectivity index (χ1n) is 9.20. The zero-order valence-electron chi connectivity index (χ0n) is 14.5. The van der Waals surface area contributed by atoms with Crippen LogP contribution in [-0.2, 0) is 6.54 Å². The highest BCUT2D eigenvalue weighted by Crippen LogP contribution is 2.38. The Balaban J connectivity index is 1.43. The first-order chi connectivity index (χ1) is 12.8. The summed E-state index contributed by atoms with van der Waals surface area (Å²) in [6.45, 7) is 1.53.